The van der Waals surface area contributed by atoms with E-state index in [4.69, 9.17) is 0 Å². The highest BCUT2D eigenvalue weighted by molar-refractivity contribution is 7.99. The average molecular weight is 313 g/mol. The Kier molecular flexibility index (Phi) is 5.52. The van der Waals surface area contributed by atoms with Crippen molar-refractivity contribution in [3.63, 3.8) is 0 Å². The number of hydrogen-bond donors (Lipinski definition) is 2. The van der Waals surface area contributed by atoms with E-state index in [-0.39, 0.29) is 6.54 Å². The van der Waals surface area contributed by atoms with Crippen LogP contribution < -0.4 is 5.32 Å². The van der Waals surface area contributed by atoms with Gasteiger partial charge in [-0.3, -0.25) is 0 Å². The van der Waals surface area contributed by atoms with Crippen LogP contribution in [0.5, 0.6) is 0 Å². The summed E-state index contributed by atoms with van der Waals surface area (Å²) in [5, 5.41) is 12.9. The summed E-state index contributed by atoms with van der Waals surface area (Å²) in [6.07, 6.45) is -0.926. The molecule has 0 saturated heterocycles. The fourth-order valence-corrected chi connectivity index (χ4v) is 2.47. The van der Waals surface area contributed by atoms with Crippen molar-refractivity contribution >= 4 is 17.4 Å². The van der Waals surface area contributed by atoms with E-state index in [0.717, 1.165) is 0 Å². The van der Waals surface area contributed by atoms with Crippen LogP contribution in [-0.2, 0) is 0 Å². The van der Waals surface area contributed by atoms with Crippen molar-refractivity contribution in [2.75, 3.05) is 11.9 Å². The van der Waals surface area contributed by atoms with Crippen LogP contribution >= 0.6 is 11.8 Å². The molecule has 2 rings (SSSR count). The summed E-state index contributed by atoms with van der Waals surface area (Å²) in [6.45, 7) is 0.101. The number of para-hydroxylation sites is 1. The van der Waals surface area contributed by atoms with Gasteiger partial charge in [-0.1, -0.05) is 36.0 Å². The molecule has 2 aromatic carbocycles. The Morgan fingerprint density at radius 1 is 1.10 bits per heavy atom. The van der Waals surface area contributed by atoms with E-state index >= 15 is 0 Å². The lowest BCUT2D eigenvalue weighted by molar-refractivity contribution is 0.191. The molecule has 112 valence electrons. The molecule has 0 aliphatic rings. The van der Waals surface area contributed by atoms with E-state index < -0.39 is 17.7 Å². The number of aliphatic hydroxyl groups is 1. The van der Waals surface area contributed by atoms with Gasteiger partial charge in [0.05, 0.1) is 6.10 Å². The van der Waals surface area contributed by atoms with Crippen molar-refractivity contribution < 1.29 is 18.3 Å². The molecule has 6 heteroatoms. The maximum atomic E-state index is 13.1. The van der Waals surface area contributed by atoms with E-state index in [0.29, 0.717) is 27.9 Å². The summed E-state index contributed by atoms with van der Waals surface area (Å²) in [5.74, 6) is -2.94. The molecule has 0 amide bonds. The number of thioether (sulfide) groups is 1. The molecular formula is C15H14F3NOS. The van der Waals surface area contributed by atoms with E-state index in [1.807, 2.05) is 0 Å². The Balaban J connectivity index is 2.02. The Morgan fingerprint density at radius 2 is 1.86 bits per heavy atom. The Hall–Kier alpha value is -1.66. The fourth-order valence-electron chi connectivity index (χ4n) is 1.85. The molecule has 0 radical (unpaired) electrons. The second-order valence-electron chi connectivity index (χ2n) is 4.33. The van der Waals surface area contributed by atoms with Gasteiger partial charge in [0.2, 0.25) is 0 Å². The summed E-state index contributed by atoms with van der Waals surface area (Å²) >= 11 is 0.438. The summed E-state index contributed by atoms with van der Waals surface area (Å²) in [5.41, 5.74) is 0.944. The average Bonchev–Trinajstić information content (AvgIpc) is 2.45. The highest BCUT2D eigenvalue weighted by atomic mass is 32.2. The number of hydrogen-bond acceptors (Lipinski definition) is 3. The van der Waals surface area contributed by atoms with Crippen LogP contribution in [0.1, 0.15) is 11.7 Å². The van der Waals surface area contributed by atoms with E-state index in [9.17, 15) is 18.3 Å². The number of aliphatic hydroxyl groups excluding tert-OH is 1. The lowest BCUT2D eigenvalue weighted by Gasteiger charge is -2.15. The zero-order valence-electron chi connectivity index (χ0n) is 11.0. The predicted octanol–water partition coefficient (Wildman–Crippen LogP) is 4.29. The third kappa shape index (κ3) is 4.68. The molecule has 0 aliphatic heterocycles. The van der Waals surface area contributed by atoms with Crippen LogP contribution in [0.2, 0.25) is 0 Å². The molecule has 2 N–H and O–H groups in total. The van der Waals surface area contributed by atoms with Crippen molar-refractivity contribution in [3.05, 3.63) is 59.9 Å². The summed E-state index contributed by atoms with van der Waals surface area (Å²) in [7, 11) is 0. The molecule has 0 heterocycles. The molecule has 2 aromatic rings. The zero-order valence-corrected chi connectivity index (χ0v) is 11.8. The van der Waals surface area contributed by atoms with Gasteiger partial charge in [0.25, 0.3) is 5.76 Å². The van der Waals surface area contributed by atoms with E-state index in [1.165, 1.54) is 18.2 Å². The molecule has 0 fully saturated rings. The minimum atomic E-state index is -2.51. The molecule has 0 aromatic heterocycles. The molecule has 1 atom stereocenters. The number of benzene rings is 2. The van der Waals surface area contributed by atoms with Gasteiger partial charge >= 0.3 is 0 Å². The third-order valence-corrected chi connectivity index (χ3v) is 3.61. The van der Waals surface area contributed by atoms with Gasteiger partial charge in [-0.15, -0.1) is 0 Å². The number of rotatable bonds is 6. The van der Waals surface area contributed by atoms with Crippen LogP contribution in [0.4, 0.5) is 18.9 Å². The van der Waals surface area contributed by atoms with Crippen molar-refractivity contribution in [1.82, 2.24) is 0 Å². The summed E-state index contributed by atoms with van der Waals surface area (Å²) in [6, 6.07) is 12.3. The van der Waals surface area contributed by atoms with Crippen LogP contribution in [0.3, 0.4) is 0 Å². The van der Waals surface area contributed by atoms with Crippen molar-refractivity contribution in [1.29, 1.82) is 0 Å². The maximum Gasteiger partial charge on any atom is 0.288 e. The van der Waals surface area contributed by atoms with Gasteiger partial charge in [0, 0.05) is 17.1 Å². The molecular weight excluding hydrogens is 299 g/mol. The van der Waals surface area contributed by atoms with Crippen LogP contribution in [0, 0.1) is 5.82 Å². The predicted molar refractivity (Wildman–Crippen MR) is 78.2 cm³/mol. The number of halogens is 3. The van der Waals surface area contributed by atoms with Crippen molar-refractivity contribution in [2.24, 2.45) is 0 Å². The maximum absolute atomic E-state index is 13.1. The van der Waals surface area contributed by atoms with Crippen LogP contribution in [0.25, 0.3) is 0 Å². The largest absolute Gasteiger partial charge is 0.387 e. The molecule has 0 bridgehead atoms. The van der Waals surface area contributed by atoms with Crippen LogP contribution in [0.15, 0.2) is 53.4 Å². The summed E-state index contributed by atoms with van der Waals surface area (Å²) < 4.78 is 38.0. The van der Waals surface area contributed by atoms with Gasteiger partial charge in [0.15, 0.2) is 0 Å². The van der Waals surface area contributed by atoms with E-state index in [2.05, 4.69) is 5.32 Å². The Morgan fingerprint density at radius 3 is 2.57 bits per heavy atom. The molecule has 2 nitrogen and oxygen atoms in total. The first-order valence-electron chi connectivity index (χ1n) is 6.27. The quantitative estimate of drug-likeness (QED) is 0.781. The lowest BCUT2D eigenvalue weighted by Crippen LogP contribution is -2.12. The normalized spacial score (nSPS) is 12.4. The second-order valence-corrected chi connectivity index (χ2v) is 5.36. The third-order valence-electron chi connectivity index (χ3n) is 2.82. The van der Waals surface area contributed by atoms with Gasteiger partial charge < -0.3 is 10.4 Å². The molecule has 0 spiro atoms. The highest BCUT2D eigenvalue weighted by Crippen LogP contribution is 2.31. The topological polar surface area (TPSA) is 32.3 Å². The van der Waals surface area contributed by atoms with Crippen molar-refractivity contribution in [3.8, 4) is 0 Å². The highest BCUT2D eigenvalue weighted by Gasteiger charge is 2.12. The van der Waals surface area contributed by atoms with Gasteiger partial charge in [0.1, 0.15) is 5.82 Å². The smallest absolute Gasteiger partial charge is 0.288 e. The fraction of sp³-hybridized carbons (Fsp3) is 0.200. The SMILES string of the molecule is OC(CNc1ccccc1SC(F)F)c1cccc(F)c1. The first kappa shape index (κ1) is 15.7. The van der Waals surface area contributed by atoms with E-state index in [1.54, 1.807) is 30.3 Å². The zero-order chi connectivity index (χ0) is 15.2. The molecule has 1 unspecified atom stereocenters. The van der Waals surface area contributed by atoms with Gasteiger partial charge in [-0.25, -0.2) is 4.39 Å². The van der Waals surface area contributed by atoms with Gasteiger partial charge in [-0.05, 0) is 29.8 Å². The first-order chi connectivity index (χ1) is 10.1. The number of alkyl halides is 2. The van der Waals surface area contributed by atoms with Gasteiger partial charge in [-0.2, -0.15) is 8.78 Å². The first-order valence-corrected chi connectivity index (χ1v) is 7.15. The summed E-state index contributed by atoms with van der Waals surface area (Å²) in [4.78, 5) is 0.402. The Bertz CT molecular complexity index is 595. The molecule has 0 saturated carbocycles. The lowest BCUT2D eigenvalue weighted by atomic mass is 10.1. The standard InChI is InChI=1S/C15H14F3NOS/c16-11-5-3-4-10(8-11)13(20)9-19-12-6-1-2-7-14(12)21-15(17)18/h1-8,13,15,19-20H,9H2. The Labute approximate surface area is 125 Å². The minimum absolute atomic E-state index is 0.101. The monoisotopic (exact) mass is 313 g/mol. The molecule has 21 heavy (non-hydrogen) atoms. The second kappa shape index (κ2) is 7.38. The van der Waals surface area contributed by atoms with Crippen molar-refractivity contribution in [2.45, 2.75) is 16.8 Å². The number of anilines is 1. The number of nitrogens with one attached hydrogen (secondary N) is 1. The molecule has 0 aliphatic carbocycles. The minimum Gasteiger partial charge on any atom is -0.387 e. The van der Waals surface area contributed by atoms with Crippen LogP contribution in [-0.4, -0.2) is 17.4 Å².